The minimum atomic E-state index is -0.0308. The number of hydrogen-bond acceptors (Lipinski definition) is 3. The minimum Gasteiger partial charge on any atom is -0.381 e. The van der Waals surface area contributed by atoms with E-state index in [0.717, 1.165) is 26.1 Å². The zero-order chi connectivity index (χ0) is 10.6. The van der Waals surface area contributed by atoms with E-state index >= 15 is 0 Å². The van der Waals surface area contributed by atoms with Crippen molar-refractivity contribution >= 4 is 5.91 Å². The number of ether oxygens (including phenoxy) is 1. The maximum absolute atomic E-state index is 11.7. The minimum absolute atomic E-state index is 0.0308. The molecule has 14 heavy (non-hydrogen) atoms. The van der Waals surface area contributed by atoms with Crippen LogP contribution in [0.25, 0.3) is 0 Å². The number of nitrogens with two attached hydrogens (primary N) is 1. The van der Waals surface area contributed by atoms with Crippen LogP contribution >= 0.6 is 0 Å². The number of hydrogen-bond donors (Lipinski definition) is 1. The highest BCUT2D eigenvalue weighted by molar-refractivity contribution is 5.78. The van der Waals surface area contributed by atoms with E-state index < -0.39 is 0 Å². The number of nitrogens with zero attached hydrogens (tertiary/aromatic N) is 1. The number of rotatable bonds is 4. The van der Waals surface area contributed by atoms with E-state index in [1.165, 1.54) is 0 Å². The highest BCUT2D eigenvalue weighted by atomic mass is 16.5. The van der Waals surface area contributed by atoms with Crippen molar-refractivity contribution in [3.8, 4) is 0 Å². The van der Waals surface area contributed by atoms with E-state index in [2.05, 4.69) is 0 Å². The van der Waals surface area contributed by atoms with Gasteiger partial charge in [-0.1, -0.05) is 0 Å². The molecule has 1 aliphatic rings. The summed E-state index contributed by atoms with van der Waals surface area (Å²) in [6.45, 7) is 2.06. The van der Waals surface area contributed by atoms with Crippen LogP contribution < -0.4 is 5.73 Å². The molecule has 1 rings (SSSR count). The van der Waals surface area contributed by atoms with E-state index in [1.807, 2.05) is 0 Å². The molecule has 0 aromatic rings. The third-order valence-electron chi connectivity index (χ3n) is 2.72. The molecule has 1 fully saturated rings. The molecule has 0 radical (unpaired) electrons. The van der Waals surface area contributed by atoms with Crippen molar-refractivity contribution in [1.82, 2.24) is 4.90 Å². The largest absolute Gasteiger partial charge is 0.381 e. The Morgan fingerprint density at radius 2 is 2.36 bits per heavy atom. The van der Waals surface area contributed by atoms with Crippen LogP contribution in [0.1, 0.15) is 12.8 Å². The summed E-state index contributed by atoms with van der Waals surface area (Å²) in [4.78, 5) is 13.3. The van der Waals surface area contributed by atoms with Crippen molar-refractivity contribution in [1.29, 1.82) is 0 Å². The summed E-state index contributed by atoms with van der Waals surface area (Å²) in [5.74, 6) is 0.628. The second-order valence-corrected chi connectivity index (χ2v) is 4.13. The summed E-state index contributed by atoms with van der Waals surface area (Å²) in [6.07, 6.45) is 1.94. The van der Waals surface area contributed by atoms with Crippen LogP contribution in [0.5, 0.6) is 0 Å². The normalized spacial score (nSPS) is 23.5. The lowest BCUT2D eigenvalue weighted by Crippen LogP contribution is -2.35. The maximum Gasteiger partial charge on any atom is 0.226 e. The Morgan fingerprint density at radius 3 is 2.79 bits per heavy atom. The Labute approximate surface area is 85.4 Å². The molecule has 82 valence electrons. The average molecular weight is 200 g/mol. The first-order valence-corrected chi connectivity index (χ1v) is 5.14. The van der Waals surface area contributed by atoms with Crippen LogP contribution in [0, 0.1) is 11.8 Å². The van der Waals surface area contributed by atoms with E-state index in [4.69, 9.17) is 10.5 Å². The lowest BCUT2D eigenvalue weighted by molar-refractivity contribution is -0.133. The van der Waals surface area contributed by atoms with Gasteiger partial charge in [0.25, 0.3) is 0 Å². The van der Waals surface area contributed by atoms with Crippen LogP contribution in [-0.2, 0) is 9.53 Å². The molecule has 2 atom stereocenters. The Kier molecular flexibility index (Phi) is 4.35. The molecular formula is C10H20N2O2. The van der Waals surface area contributed by atoms with Gasteiger partial charge >= 0.3 is 0 Å². The first-order valence-electron chi connectivity index (χ1n) is 5.14. The fraction of sp³-hybridized carbons (Fsp3) is 0.900. The molecule has 0 aromatic heterocycles. The van der Waals surface area contributed by atoms with Crippen LogP contribution in [0.4, 0.5) is 0 Å². The lowest BCUT2D eigenvalue weighted by atomic mass is 9.93. The fourth-order valence-corrected chi connectivity index (χ4v) is 1.83. The first-order chi connectivity index (χ1) is 6.65. The SMILES string of the molecule is CN(C)C(=O)C(CN)CC1CCOC1. The van der Waals surface area contributed by atoms with Gasteiger partial charge in [-0.2, -0.15) is 0 Å². The zero-order valence-electron chi connectivity index (χ0n) is 9.03. The molecule has 4 heteroatoms. The van der Waals surface area contributed by atoms with Gasteiger partial charge in [-0.25, -0.2) is 0 Å². The molecule has 0 saturated carbocycles. The third kappa shape index (κ3) is 2.96. The van der Waals surface area contributed by atoms with Crippen LogP contribution in [0.2, 0.25) is 0 Å². The average Bonchev–Trinajstić information content (AvgIpc) is 2.65. The lowest BCUT2D eigenvalue weighted by Gasteiger charge is -2.21. The van der Waals surface area contributed by atoms with Crippen molar-refractivity contribution in [2.45, 2.75) is 12.8 Å². The van der Waals surface area contributed by atoms with Gasteiger partial charge in [-0.15, -0.1) is 0 Å². The molecule has 0 spiro atoms. The molecule has 0 bridgehead atoms. The van der Waals surface area contributed by atoms with Gasteiger partial charge in [0.15, 0.2) is 0 Å². The standard InChI is InChI=1S/C10H20N2O2/c1-12(2)10(13)9(6-11)5-8-3-4-14-7-8/h8-9H,3-7,11H2,1-2H3. The Hall–Kier alpha value is -0.610. The Morgan fingerprint density at radius 1 is 1.64 bits per heavy atom. The molecule has 1 aliphatic heterocycles. The first kappa shape index (κ1) is 11.5. The second-order valence-electron chi connectivity index (χ2n) is 4.13. The molecule has 0 aliphatic carbocycles. The number of amides is 1. The highest BCUT2D eigenvalue weighted by Crippen LogP contribution is 2.21. The van der Waals surface area contributed by atoms with Gasteiger partial charge in [0, 0.05) is 33.9 Å². The summed E-state index contributed by atoms with van der Waals surface area (Å²) in [5.41, 5.74) is 5.60. The van der Waals surface area contributed by atoms with E-state index in [1.54, 1.807) is 19.0 Å². The molecule has 2 N–H and O–H groups in total. The summed E-state index contributed by atoms with van der Waals surface area (Å²) in [5, 5.41) is 0. The van der Waals surface area contributed by atoms with E-state index in [0.29, 0.717) is 12.5 Å². The van der Waals surface area contributed by atoms with Gasteiger partial charge in [0.1, 0.15) is 0 Å². The molecule has 1 heterocycles. The Bertz CT molecular complexity index is 189. The van der Waals surface area contributed by atoms with Gasteiger partial charge in [0.05, 0.1) is 5.92 Å². The number of carbonyl (C=O) groups is 1. The fourth-order valence-electron chi connectivity index (χ4n) is 1.83. The second kappa shape index (κ2) is 5.32. The van der Waals surface area contributed by atoms with E-state index in [9.17, 15) is 4.79 Å². The van der Waals surface area contributed by atoms with Crippen LogP contribution in [0.15, 0.2) is 0 Å². The molecule has 2 unspecified atom stereocenters. The Balaban J connectivity index is 2.41. The van der Waals surface area contributed by atoms with Crippen molar-refractivity contribution in [2.75, 3.05) is 33.9 Å². The molecule has 4 nitrogen and oxygen atoms in total. The van der Waals surface area contributed by atoms with E-state index in [-0.39, 0.29) is 11.8 Å². The zero-order valence-corrected chi connectivity index (χ0v) is 9.03. The van der Waals surface area contributed by atoms with Crippen LogP contribution in [0.3, 0.4) is 0 Å². The highest BCUT2D eigenvalue weighted by Gasteiger charge is 2.25. The molecular weight excluding hydrogens is 180 g/mol. The van der Waals surface area contributed by atoms with Gasteiger partial charge in [0.2, 0.25) is 5.91 Å². The number of carbonyl (C=O) groups excluding carboxylic acids is 1. The predicted molar refractivity (Wildman–Crippen MR) is 54.8 cm³/mol. The summed E-state index contributed by atoms with van der Waals surface area (Å²) >= 11 is 0. The van der Waals surface area contributed by atoms with Crippen molar-refractivity contribution in [3.63, 3.8) is 0 Å². The van der Waals surface area contributed by atoms with Crippen molar-refractivity contribution in [3.05, 3.63) is 0 Å². The quantitative estimate of drug-likeness (QED) is 0.699. The monoisotopic (exact) mass is 200 g/mol. The van der Waals surface area contributed by atoms with Gasteiger partial charge in [-0.05, 0) is 18.8 Å². The van der Waals surface area contributed by atoms with Crippen molar-refractivity contribution < 1.29 is 9.53 Å². The topological polar surface area (TPSA) is 55.6 Å². The maximum atomic E-state index is 11.7. The smallest absolute Gasteiger partial charge is 0.226 e. The van der Waals surface area contributed by atoms with Gasteiger partial charge < -0.3 is 15.4 Å². The van der Waals surface area contributed by atoms with Crippen LogP contribution in [-0.4, -0.2) is 44.7 Å². The molecule has 1 saturated heterocycles. The third-order valence-corrected chi connectivity index (χ3v) is 2.72. The summed E-state index contributed by atoms with van der Waals surface area (Å²) in [6, 6.07) is 0. The summed E-state index contributed by atoms with van der Waals surface area (Å²) < 4.78 is 5.28. The van der Waals surface area contributed by atoms with Crippen molar-refractivity contribution in [2.24, 2.45) is 17.6 Å². The molecule has 1 amide bonds. The summed E-state index contributed by atoms with van der Waals surface area (Å²) in [7, 11) is 3.55. The molecule has 0 aromatic carbocycles. The van der Waals surface area contributed by atoms with Gasteiger partial charge in [-0.3, -0.25) is 4.79 Å². The predicted octanol–water partition coefficient (Wildman–Crippen LogP) is 0.0761.